The van der Waals surface area contributed by atoms with Gasteiger partial charge in [-0.1, -0.05) is 12.1 Å². The summed E-state index contributed by atoms with van der Waals surface area (Å²) in [5.74, 6) is 0.634. The largest absolute Gasteiger partial charge is 0.461 e. The molecular weight excluding hydrogens is 220 g/mol. The zero-order chi connectivity index (χ0) is 12.1. The van der Waals surface area contributed by atoms with E-state index >= 15 is 0 Å². The van der Waals surface area contributed by atoms with Crippen molar-refractivity contribution in [2.45, 2.75) is 32.5 Å². The van der Waals surface area contributed by atoms with Gasteiger partial charge in [0, 0.05) is 13.3 Å². The molecule has 0 radical (unpaired) electrons. The predicted octanol–water partition coefficient (Wildman–Crippen LogP) is 2.52. The first-order valence-corrected chi connectivity index (χ1v) is 5.81. The smallest absolute Gasteiger partial charge is 0.308 e. The van der Waals surface area contributed by atoms with Crippen LogP contribution in [0.1, 0.15) is 26.2 Å². The minimum atomic E-state index is -0.356. The van der Waals surface area contributed by atoms with Crippen LogP contribution in [0.25, 0.3) is 0 Å². The molecule has 1 aromatic carbocycles. The molecule has 0 bridgehead atoms. The summed E-state index contributed by atoms with van der Waals surface area (Å²) in [4.78, 5) is 10.9. The summed E-state index contributed by atoms with van der Waals surface area (Å²) < 4.78 is 16.2. The van der Waals surface area contributed by atoms with E-state index in [4.69, 9.17) is 14.2 Å². The molecule has 0 spiro atoms. The molecule has 0 saturated carbocycles. The summed E-state index contributed by atoms with van der Waals surface area (Å²) in [6, 6.07) is 7.12. The third-order valence-electron chi connectivity index (χ3n) is 2.50. The molecular formula is C13H16O4. The fourth-order valence-corrected chi connectivity index (χ4v) is 1.73. The molecule has 1 aliphatic rings. The molecule has 4 heteroatoms. The van der Waals surface area contributed by atoms with E-state index in [-0.39, 0.29) is 12.3 Å². The zero-order valence-corrected chi connectivity index (χ0v) is 9.85. The lowest BCUT2D eigenvalue weighted by Gasteiger charge is -2.24. The SMILES string of the molecule is CC(=O)Oc1ccccc1OC1CCCCO1. The second kappa shape index (κ2) is 5.68. The normalized spacial score (nSPS) is 19.7. The number of carbonyl (C=O) groups excluding carboxylic acids is 1. The molecule has 1 saturated heterocycles. The second-order valence-electron chi connectivity index (χ2n) is 3.95. The van der Waals surface area contributed by atoms with Crippen LogP contribution in [0.2, 0.25) is 0 Å². The topological polar surface area (TPSA) is 44.8 Å². The van der Waals surface area contributed by atoms with Gasteiger partial charge in [-0.25, -0.2) is 0 Å². The van der Waals surface area contributed by atoms with Gasteiger partial charge in [0.25, 0.3) is 0 Å². The predicted molar refractivity (Wildman–Crippen MR) is 62.0 cm³/mol. The van der Waals surface area contributed by atoms with Crippen LogP contribution in [0.4, 0.5) is 0 Å². The first-order valence-electron chi connectivity index (χ1n) is 5.81. The number of carbonyl (C=O) groups is 1. The first kappa shape index (κ1) is 11.9. The highest BCUT2D eigenvalue weighted by Crippen LogP contribution is 2.29. The minimum absolute atomic E-state index is 0.236. The molecule has 1 aliphatic heterocycles. The van der Waals surface area contributed by atoms with Crippen LogP contribution in [0.5, 0.6) is 11.5 Å². The summed E-state index contributed by atoms with van der Waals surface area (Å²) in [5, 5.41) is 0. The molecule has 1 atom stereocenters. The fourth-order valence-electron chi connectivity index (χ4n) is 1.73. The van der Waals surface area contributed by atoms with Crippen molar-refractivity contribution in [3.05, 3.63) is 24.3 Å². The van der Waals surface area contributed by atoms with Crippen LogP contribution in [-0.4, -0.2) is 18.9 Å². The Labute approximate surface area is 100 Å². The molecule has 92 valence electrons. The van der Waals surface area contributed by atoms with E-state index in [1.165, 1.54) is 6.92 Å². The van der Waals surface area contributed by atoms with Gasteiger partial charge in [-0.05, 0) is 25.0 Å². The van der Waals surface area contributed by atoms with Crippen LogP contribution in [0, 0.1) is 0 Å². The van der Waals surface area contributed by atoms with Crippen molar-refractivity contribution < 1.29 is 19.0 Å². The van der Waals surface area contributed by atoms with Crippen molar-refractivity contribution in [1.29, 1.82) is 0 Å². The van der Waals surface area contributed by atoms with E-state index in [0.717, 1.165) is 25.9 Å². The summed E-state index contributed by atoms with van der Waals surface area (Å²) in [5.41, 5.74) is 0. The molecule has 1 aromatic rings. The maximum Gasteiger partial charge on any atom is 0.308 e. The van der Waals surface area contributed by atoms with Crippen molar-refractivity contribution in [3.8, 4) is 11.5 Å². The molecule has 1 fully saturated rings. The van der Waals surface area contributed by atoms with Crippen LogP contribution < -0.4 is 9.47 Å². The first-order chi connectivity index (χ1) is 8.25. The lowest BCUT2D eigenvalue weighted by Crippen LogP contribution is -2.25. The van der Waals surface area contributed by atoms with Crippen molar-refractivity contribution in [2.75, 3.05) is 6.61 Å². The number of ether oxygens (including phenoxy) is 3. The highest BCUT2D eigenvalue weighted by Gasteiger charge is 2.17. The van der Waals surface area contributed by atoms with E-state index in [1.54, 1.807) is 18.2 Å². The Morgan fingerprint density at radius 3 is 2.71 bits per heavy atom. The molecule has 0 N–H and O–H groups in total. The number of hydrogen-bond acceptors (Lipinski definition) is 4. The maximum absolute atomic E-state index is 10.9. The lowest BCUT2D eigenvalue weighted by molar-refractivity contribution is -0.132. The zero-order valence-electron chi connectivity index (χ0n) is 9.85. The third-order valence-corrected chi connectivity index (χ3v) is 2.50. The van der Waals surface area contributed by atoms with E-state index in [2.05, 4.69) is 0 Å². The Kier molecular flexibility index (Phi) is 3.98. The van der Waals surface area contributed by atoms with Crippen LogP contribution in [0.15, 0.2) is 24.3 Å². The summed E-state index contributed by atoms with van der Waals surface area (Å²) in [6.07, 6.45) is 2.81. The third kappa shape index (κ3) is 3.46. The number of hydrogen-bond donors (Lipinski definition) is 0. The van der Waals surface area contributed by atoms with Crippen LogP contribution in [0.3, 0.4) is 0 Å². The van der Waals surface area contributed by atoms with Crippen molar-refractivity contribution in [3.63, 3.8) is 0 Å². The molecule has 4 nitrogen and oxygen atoms in total. The highest BCUT2D eigenvalue weighted by molar-refractivity contribution is 5.70. The van der Waals surface area contributed by atoms with Crippen molar-refractivity contribution in [2.24, 2.45) is 0 Å². The molecule has 1 heterocycles. The summed E-state index contributed by atoms with van der Waals surface area (Å²) >= 11 is 0. The molecule has 0 aliphatic carbocycles. The van der Waals surface area contributed by atoms with Gasteiger partial charge < -0.3 is 14.2 Å². The van der Waals surface area contributed by atoms with Crippen LogP contribution >= 0.6 is 0 Å². The van der Waals surface area contributed by atoms with Gasteiger partial charge in [-0.15, -0.1) is 0 Å². The summed E-state index contributed by atoms with van der Waals surface area (Å²) in [6.45, 7) is 2.09. The monoisotopic (exact) mass is 236 g/mol. The minimum Gasteiger partial charge on any atom is -0.461 e. The Morgan fingerprint density at radius 2 is 2.06 bits per heavy atom. The second-order valence-corrected chi connectivity index (χ2v) is 3.95. The quantitative estimate of drug-likeness (QED) is 0.597. The maximum atomic E-state index is 10.9. The fraction of sp³-hybridized carbons (Fsp3) is 0.462. The van der Waals surface area contributed by atoms with Crippen molar-refractivity contribution in [1.82, 2.24) is 0 Å². The highest BCUT2D eigenvalue weighted by atomic mass is 16.7. The van der Waals surface area contributed by atoms with Gasteiger partial charge in [0.1, 0.15) is 0 Å². The Balaban J connectivity index is 2.05. The Hall–Kier alpha value is -1.55. The van der Waals surface area contributed by atoms with Crippen LogP contribution in [-0.2, 0) is 9.53 Å². The number of benzene rings is 1. The summed E-state index contributed by atoms with van der Waals surface area (Å²) in [7, 11) is 0. The average molecular weight is 236 g/mol. The van der Waals surface area contributed by atoms with Crippen molar-refractivity contribution >= 4 is 5.97 Å². The average Bonchev–Trinajstić information content (AvgIpc) is 2.32. The Morgan fingerprint density at radius 1 is 1.29 bits per heavy atom. The van der Waals surface area contributed by atoms with E-state index in [9.17, 15) is 4.79 Å². The number of para-hydroxylation sites is 2. The van der Waals surface area contributed by atoms with E-state index in [1.807, 2.05) is 6.07 Å². The van der Waals surface area contributed by atoms with Gasteiger partial charge in [-0.2, -0.15) is 0 Å². The molecule has 17 heavy (non-hydrogen) atoms. The molecule has 2 rings (SSSR count). The van der Waals surface area contributed by atoms with E-state index in [0.29, 0.717) is 11.5 Å². The number of esters is 1. The van der Waals surface area contributed by atoms with E-state index < -0.39 is 0 Å². The molecule has 0 aromatic heterocycles. The Bertz CT molecular complexity index is 383. The lowest BCUT2D eigenvalue weighted by atomic mass is 10.2. The van der Waals surface area contributed by atoms with Gasteiger partial charge in [0.2, 0.25) is 0 Å². The van der Waals surface area contributed by atoms with Gasteiger partial charge in [0.15, 0.2) is 17.8 Å². The number of rotatable bonds is 3. The van der Waals surface area contributed by atoms with Gasteiger partial charge in [0.05, 0.1) is 6.61 Å². The molecule has 0 amide bonds. The standard InChI is InChI=1S/C13H16O4/c1-10(14)16-11-6-2-3-7-12(11)17-13-8-4-5-9-15-13/h2-3,6-7,13H,4-5,8-9H2,1H3. The molecule has 1 unspecified atom stereocenters. The van der Waals surface area contributed by atoms with Gasteiger partial charge >= 0.3 is 5.97 Å². The van der Waals surface area contributed by atoms with Gasteiger partial charge in [-0.3, -0.25) is 4.79 Å².